The molecule has 1 N–H and O–H groups in total. The van der Waals surface area contributed by atoms with Gasteiger partial charge in [-0.15, -0.1) is 0 Å². The summed E-state index contributed by atoms with van der Waals surface area (Å²) in [5, 5.41) is 8.69. The molecule has 0 aliphatic carbocycles. The second-order valence-electron chi connectivity index (χ2n) is 5.51. The van der Waals surface area contributed by atoms with Gasteiger partial charge in [-0.05, 0) is 38.3 Å². The minimum atomic E-state index is 0.629. The third-order valence-electron chi connectivity index (χ3n) is 3.33. The fourth-order valence-electron chi connectivity index (χ4n) is 2.13. The Labute approximate surface area is 116 Å². The van der Waals surface area contributed by atoms with Crippen molar-refractivity contribution in [1.29, 1.82) is 0 Å². The van der Waals surface area contributed by atoms with Crippen molar-refractivity contribution < 1.29 is 0 Å². The summed E-state index contributed by atoms with van der Waals surface area (Å²) < 4.78 is 1.76. The zero-order valence-corrected chi connectivity index (χ0v) is 13.0. The number of aryl methyl sites for hydroxylation is 2. The van der Waals surface area contributed by atoms with Crippen molar-refractivity contribution in [3.63, 3.8) is 0 Å². The van der Waals surface area contributed by atoms with Crippen LogP contribution < -0.4 is 5.32 Å². The number of hydrogen-bond donors (Lipinski definition) is 1. The molecule has 1 unspecified atom stereocenters. The van der Waals surface area contributed by atoms with Crippen molar-refractivity contribution in [3.8, 4) is 0 Å². The van der Waals surface area contributed by atoms with E-state index in [0.29, 0.717) is 11.8 Å². The number of rotatable bonds is 7. The molecule has 0 aromatic carbocycles. The first kappa shape index (κ1) is 15.5. The normalized spacial score (nSPS) is 13.3. The molecule has 1 atom stereocenters. The number of aromatic nitrogens is 2. The highest BCUT2D eigenvalue weighted by molar-refractivity contribution is 6.30. The Bertz CT molecular complexity index is 371. The van der Waals surface area contributed by atoms with E-state index in [-0.39, 0.29) is 0 Å². The minimum absolute atomic E-state index is 0.629. The Morgan fingerprint density at radius 3 is 2.44 bits per heavy atom. The molecule has 0 saturated heterocycles. The molecule has 0 fully saturated rings. The van der Waals surface area contributed by atoms with Gasteiger partial charge in [0.25, 0.3) is 0 Å². The summed E-state index contributed by atoms with van der Waals surface area (Å²) in [6.45, 7) is 10.9. The molecule has 0 spiro atoms. The lowest BCUT2D eigenvalue weighted by molar-refractivity contribution is 0.437. The summed E-state index contributed by atoms with van der Waals surface area (Å²) in [5.74, 6) is 1.33. The lowest BCUT2D eigenvalue weighted by atomic mass is 9.97. The molecular weight excluding hydrogens is 246 g/mol. The van der Waals surface area contributed by atoms with Gasteiger partial charge in [0.2, 0.25) is 0 Å². The minimum Gasteiger partial charge on any atom is -0.316 e. The highest BCUT2D eigenvalue weighted by Gasteiger charge is 2.16. The maximum Gasteiger partial charge on any atom is 0.130 e. The van der Waals surface area contributed by atoms with Gasteiger partial charge >= 0.3 is 0 Å². The highest BCUT2D eigenvalue weighted by atomic mass is 35.5. The van der Waals surface area contributed by atoms with Crippen LogP contribution in [0.4, 0.5) is 0 Å². The van der Waals surface area contributed by atoms with Crippen LogP contribution in [0.5, 0.6) is 0 Å². The molecule has 4 heteroatoms. The topological polar surface area (TPSA) is 29.9 Å². The molecule has 0 aliphatic heterocycles. The maximum atomic E-state index is 6.28. The summed E-state index contributed by atoms with van der Waals surface area (Å²) in [7, 11) is 1.90. The van der Waals surface area contributed by atoms with Crippen LogP contribution in [0.1, 0.15) is 38.4 Å². The SMILES string of the molecule is CCC(CNCC(C)C)Cc1c(C)nn(C)c1Cl. The van der Waals surface area contributed by atoms with Crippen molar-refractivity contribution in [2.24, 2.45) is 18.9 Å². The lowest BCUT2D eigenvalue weighted by Crippen LogP contribution is -2.27. The largest absolute Gasteiger partial charge is 0.316 e. The van der Waals surface area contributed by atoms with Crippen molar-refractivity contribution in [2.45, 2.75) is 40.5 Å². The van der Waals surface area contributed by atoms with Gasteiger partial charge in [-0.1, -0.05) is 38.8 Å². The van der Waals surface area contributed by atoms with E-state index in [1.807, 2.05) is 14.0 Å². The van der Waals surface area contributed by atoms with Crippen molar-refractivity contribution in [3.05, 3.63) is 16.4 Å². The van der Waals surface area contributed by atoms with Gasteiger partial charge in [0, 0.05) is 12.6 Å². The van der Waals surface area contributed by atoms with Gasteiger partial charge in [-0.3, -0.25) is 4.68 Å². The fraction of sp³-hybridized carbons (Fsp3) is 0.786. The average molecular weight is 272 g/mol. The van der Waals surface area contributed by atoms with Crippen LogP contribution in [-0.4, -0.2) is 22.9 Å². The summed E-state index contributed by atoms with van der Waals surface area (Å²) in [6.07, 6.45) is 2.18. The van der Waals surface area contributed by atoms with Crippen molar-refractivity contribution >= 4 is 11.6 Å². The zero-order chi connectivity index (χ0) is 13.7. The van der Waals surface area contributed by atoms with Gasteiger partial charge in [-0.25, -0.2) is 0 Å². The van der Waals surface area contributed by atoms with Gasteiger partial charge in [0.1, 0.15) is 5.15 Å². The summed E-state index contributed by atoms with van der Waals surface area (Å²) in [6, 6.07) is 0. The molecule has 0 bridgehead atoms. The lowest BCUT2D eigenvalue weighted by Gasteiger charge is -2.16. The predicted molar refractivity (Wildman–Crippen MR) is 78.1 cm³/mol. The molecule has 1 heterocycles. The second-order valence-corrected chi connectivity index (χ2v) is 5.87. The standard InChI is InChI=1S/C14H26ClN3/c1-6-12(9-16-8-10(2)3)7-13-11(4)17-18(5)14(13)15/h10,12,16H,6-9H2,1-5H3. The number of nitrogens with zero attached hydrogens (tertiary/aromatic N) is 2. The third-order valence-corrected chi connectivity index (χ3v) is 3.80. The fourth-order valence-corrected chi connectivity index (χ4v) is 2.38. The summed E-state index contributed by atoms with van der Waals surface area (Å²) in [5.41, 5.74) is 2.27. The third kappa shape index (κ3) is 4.29. The molecule has 104 valence electrons. The van der Waals surface area contributed by atoms with E-state index in [0.717, 1.165) is 36.8 Å². The average Bonchev–Trinajstić information content (AvgIpc) is 2.53. The first-order chi connectivity index (χ1) is 8.45. The molecule has 0 aliphatic rings. The van der Waals surface area contributed by atoms with Crippen LogP contribution in [0.15, 0.2) is 0 Å². The van der Waals surface area contributed by atoms with Gasteiger partial charge in [0.15, 0.2) is 0 Å². The molecule has 1 rings (SSSR count). The molecule has 18 heavy (non-hydrogen) atoms. The first-order valence-electron chi connectivity index (χ1n) is 6.84. The van der Waals surface area contributed by atoms with E-state index in [1.54, 1.807) is 4.68 Å². The van der Waals surface area contributed by atoms with E-state index < -0.39 is 0 Å². The number of hydrogen-bond acceptors (Lipinski definition) is 2. The van der Waals surface area contributed by atoms with Crippen molar-refractivity contribution in [2.75, 3.05) is 13.1 Å². The van der Waals surface area contributed by atoms with E-state index in [2.05, 4.69) is 31.2 Å². The van der Waals surface area contributed by atoms with Crippen LogP contribution in [0.25, 0.3) is 0 Å². The van der Waals surface area contributed by atoms with Crippen LogP contribution >= 0.6 is 11.6 Å². The molecular formula is C14H26ClN3. The maximum absolute atomic E-state index is 6.28. The molecule has 3 nitrogen and oxygen atoms in total. The van der Waals surface area contributed by atoms with Gasteiger partial charge in [-0.2, -0.15) is 5.10 Å². The Morgan fingerprint density at radius 2 is 2.00 bits per heavy atom. The van der Waals surface area contributed by atoms with E-state index in [1.165, 1.54) is 5.56 Å². The summed E-state index contributed by atoms with van der Waals surface area (Å²) >= 11 is 6.28. The van der Waals surface area contributed by atoms with E-state index in [4.69, 9.17) is 11.6 Å². The Hall–Kier alpha value is -0.540. The molecule has 0 amide bonds. The Morgan fingerprint density at radius 1 is 1.33 bits per heavy atom. The molecule has 1 aromatic rings. The quantitative estimate of drug-likeness (QED) is 0.825. The smallest absolute Gasteiger partial charge is 0.130 e. The Kier molecular flexibility index (Phi) is 6.16. The monoisotopic (exact) mass is 271 g/mol. The van der Waals surface area contributed by atoms with E-state index >= 15 is 0 Å². The van der Waals surface area contributed by atoms with Crippen molar-refractivity contribution in [1.82, 2.24) is 15.1 Å². The van der Waals surface area contributed by atoms with Gasteiger partial charge < -0.3 is 5.32 Å². The van der Waals surface area contributed by atoms with Crippen LogP contribution in [-0.2, 0) is 13.5 Å². The molecule has 0 radical (unpaired) electrons. The van der Waals surface area contributed by atoms with Crippen LogP contribution in [0, 0.1) is 18.8 Å². The second kappa shape index (κ2) is 7.15. The molecule has 1 aromatic heterocycles. The van der Waals surface area contributed by atoms with Gasteiger partial charge in [0.05, 0.1) is 5.69 Å². The zero-order valence-electron chi connectivity index (χ0n) is 12.3. The number of halogens is 1. The Balaban J connectivity index is 2.57. The predicted octanol–water partition coefficient (Wildman–Crippen LogP) is 3.20. The summed E-state index contributed by atoms with van der Waals surface area (Å²) in [4.78, 5) is 0. The van der Waals surface area contributed by atoms with Crippen LogP contribution in [0.3, 0.4) is 0 Å². The van der Waals surface area contributed by atoms with E-state index in [9.17, 15) is 0 Å². The molecule has 0 saturated carbocycles. The highest BCUT2D eigenvalue weighted by Crippen LogP contribution is 2.23. The van der Waals surface area contributed by atoms with Crippen LogP contribution in [0.2, 0.25) is 5.15 Å². The first-order valence-corrected chi connectivity index (χ1v) is 7.22. The number of nitrogens with one attached hydrogen (secondary N) is 1.